The summed E-state index contributed by atoms with van der Waals surface area (Å²) in [7, 11) is 0. The van der Waals surface area contributed by atoms with Gasteiger partial charge in [-0.15, -0.1) is 0 Å². The lowest BCUT2D eigenvalue weighted by atomic mass is 10.1. The van der Waals surface area contributed by atoms with Gasteiger partial charge in [0.05, 0.1) is 13.1 Å². The minimum absolute atomic E-state index is 0.0540. The number of carbonyl (C=O) groups is 2. The Balaban J connectivity index is 1.75. The van der Waals surface area contributed by atoms with Crippen LogP contribution in [-0.2, 0) is 6.54 Å². The van der Waals surface area contributed by atoms with E-state index in [1.54, 1.807) is 28.6 Å². The normalized spacial score (nSPS) is 17.8. The Morgan fingerprint density at radius 1 is 1.09 bits per heavy atom. The van der Waals surface area contributed by atoms with Crippen molar-refractivity contribution in [3.63, 3.8) is 0 Å². The Morgan fingerprint density at radius 2 is 1.87 bits per heavy atom. The molecule has 0 saturated carbocycles. The van der Waals surface area contributed by atoms with Crippen molar-refractivity contribution in [1.82, 2.24) is 15.3 Å². The molecule has 0 aromatic heterocycles. The summed E-state index contributed by atoms with van der Waals surface area (Å²) < 4.78 is 5.68. The van der Waals surface area contributed by atoms with Crippen molar-refractivity contribution < 1.29 is 19.5 Å². The Hall–Kier alpha value is -2.28. The number of amides is 3. The summed E-state index contributed by atoms with van der Waals surface area (Å²) >= 11 is 0. The minimum atomic E-state index is -0.582. The third-order valence-electron chi connectivity index (χ3n) is 4.31. The molecule has 23 heavy (non-hydrogen) atoms. The van der Waals surface area contributed by atoms with Crippen LogP contribution in [-0.4, -0.2) is 53.2 Å². The lowest BCUT2D eigenvalue weighted by molar-refractivity contribution is 0.0706. The van der Waals surface area contributed by atoms with Crippen molar-refractivity contribution in [3.05, 3.63) is 29.3 Å². The van der Waals surface area contributed by atoms with Crippen molar-refractivity contribution in [3.8, 4) is 5.75 Å². The lowest BCUT2D eigenvalue weighted by Crippen LogP contribution is -2.45. The zero-order chi connectivity index (χ0) is 16.2. The monoisotopic (exact) mass is 319 g/mol. The Bertz CT molecular complexity index is 599. The molecular formula is C16H21N3O4. The maximum atomic E-state index is 12.6. The van der Waals surface area contributed by atoms with Gasteiger partial charge in [-0.3, -0.25) is 10.0 Å². The summed E-state index contributed by atoms with van der Waals surface area (Å²) in [4.78, 5) is 27.8. The van der Waals surface area contributed by atoms with Gasteiger partial charge in [0, 0.05) is 24.2 Å². The topological polar surface area (TPSA) is 82.1 Å². The van der Waals surface area contributed by atoms with Crippen molar-refractivity contribution in [2.45, 2.75) is 25.8 Å². The predicted octanol–water partition coefficient (Wildman–Crippen LogP) is 1.61. The summed E-state index contributed by atoms with van der Waals surface area (Å²) in [6.45, 7) is 3.01. The molecule has 0 aliphatic carbocycles. The fourth-order valence-electron chi connectivity index (χ4n) is 3.02. The second kappa shape index (κ2) is 6.87. The van der Waals surface area contributed by atoms with Crippen LogP contribution < -0.4 is 10.2 Å². The number of nitrogens with one attached hydrogen (secondary N) is 1. The molecule has 0 spiro atoms. The van der Waals surface area contributed by atoms with Gasteiger partial charge < -0.3 is 14.5 Å². The van der Waals surface area contributed by atoms with Gasteiger partial charge in [-0.1, -0.05) is 6.07 Å². The summed E-state index contributed by atoms with van der Waals surface area (Å²) in [5.41, 5.74) is 2.79. The first-order chi connectivity index (χ1) is 11.2. The molecule has 1 fully saturated rings. The van der Waals surface area contributed by atoms with E-state index in [2.05, 4.69) is 0 Å². The highest BCUT2D eigenvalue weighted by atomic mass is 16.5. The molecule has 0 bridgehead atoms. The van der Waals surface area contributed by atoms with Gasteiger partial charge in [0.15, 0.2) is 0 Å². The van der Waals surface area contributed by atoms with E-state index in [1.165, 1.54) is 6.42 Å². The van der Waals surface area contributed by atoms with E-state index in [1.807, 2.05) is 4.90 Å². The molecule has 124 valence electrons. The van der Waals surface area contributed by atoms with Gasteiger partial charge in [0.2, 0.25) is 0 Å². The average molecular weight is 319 g/mol. The van der Waals surface area contributed by atoms with Gasteiger partial charge in [-0.2, -0.15) is 0 Å². The highest BCUT2D eigenvalue weighted by Gasteiger charge is 2.25. The molecule has 2 heterocycles. The van der Waals surface area contributed by atoms with Crippen LogP contribution in [0.5, 0.6) is 5.75 Å². The lowest BCUT2D eigenvalue weighted by Gasteiger charge is -2.32. The van der Waals surface area contributed by atoms with Gasteiger partial charge in [-0.05, 0) is 31.4 Å². The number of piperidine rings is 1. The van der Waals surface area contributed by atoms with E-state index >= 15 is 0 Å². The van der Waals surface area contributed by atoms with E-state index in [4.69, 9.17) is 9.94 Å². The van der Waals surface area contributed by atoms with Crippen LogP contribution in [0.1, 0.15) is 35.2 Å². The first-order valence-corrected chi connectivity index (χ1v) is 7.93. The van der Waals surface area contributed by atoms with Gasteiger partial charge in [0.25, 0.3) is 5.91 Å². The Morgan fingerprint density at radius 3 is 2.61 bits per heavy atom. The van der Waals surface area contributed by atoms with E-state index < -0.39 is 5.91 Å². The van der Waals surface area contributed by atoms with Gasteiger partial charge in [0.1, 0.15) is 12.4 Å². The van der Waals surface area contributed by atoms with Crippen molar-refractivity contribution in [2.24, 2.45) is 0 Å². The smallest absolute Gasteiger partial charge is 0.320 e. The van der Waals surface area contributed by atoms with Crippen LogP contribution in [0, 0.1) is 0 Å². The first kappa shape index (κ1) is 15.6. The van der Waals surface area contributed by atoms with Crippen LogP contribution in [0.3, 0.4) is 0 Å². The molecule has 0 radical (unpaired) electrons. The molecule has 2 aliphatic heterocycles. The summed E-state index contributed by atoms with van der Waals surface area (Å²) in [5.74, 6) is 0.00180. The highest BCUT2D eigenvalue weighted by Crippen LogP contribution is 2.25. The molecular weight excluding hydrogens is 298 g/mol. The molecule has 3 rings (SSSR count). The number of benzene rings is 1. The fourth-order valence-corrected chi connectivity index (χ4v) is 3.02. The number of rotatable bonds is 1. The largest absolute Gasteiger partial charge is 0.491 e. The van der Waals surface area contributed by atoms with Gasteiger partial charge in [-0.25, -0.2) is 10.3 Å². The van der Waals surface area contributed by atoms with Crippen LogP contribution in [0.25, 0.3) is 0 Å². The molecule has 1 aromatic carbocycles. The van der Waals surface area contributed by atoms with E-state index in [9.17, 15) is 9.59 Å². The zero-order valence-corrected chi connectivity index (χ0v) is 13.0. The summed E-state index contributed by atoms with van der Waals surface area (Å²) in [6.07, 6.45) is 3.31. The second-order valence-electron chi connectivity index (χ2n) is 5.86. The van der Waals surface area contributed by atoms with Crippen LogP contribution in [0.15, 0.2) is 18.2 Å². The third kappa shape index (κ3) is 3.39. The van der Waals surface area contributed by atoms with Crippen LogP contribution >= 0.6 is 0 Å². The van der Waals surface area contributed by atoms with Crippen LogP contribution in [0.2, 0.25) is 0 Å². The van der Waals surface area contributed by atoms with Crippen molar-refractivity contribution in [2.75, 3.05) is 26.2 Å². The highest BCUT2D eigenvalue weighted by molar-refractivity contribution is 5.93. The zero-order valence-electron chi connectivity index (χ0n) is 13.0. The first-order valence-electron chi connectivity index (χ1n) is 7.93. The SMILES string of the molecule is O=C(NO)c1ccc2c(c1)OCCN(C(=O)N1CCCCC1)C2. The van der Waals surface area contributed by atoms with E-state index in [-0.39, 0.29) is 6.03 Å². The van der Waals surface area contributed by atoms with Crippen molar-refractivity contribution >= 4 is 11.9 Å². The third-order valence-corrected chi connectivity index (χ3v) is 4.31. The quantitative estimate of drug-likeness (QED) is 0.608. The Labute approximate surface area is 134 Å². The molecule has 2 N–H and O–H groups in total. The summed E-state index contributed by atoms with van der Waals surface area (Å²) in [6, 6.07) is 5.03. The number of carbonyl (C=O) groups excluding carboxylic acids is 2. The number of hydrogen-bond acceptors (Lipinski definition) is 4. The Kier molecular flexibility index (Phi) is 4.66. The second-order valence-corrected chi connectivity index (χ2v) is 5.86. The standard InChI is InChI=1S/C16H21N3O4/c20-15(17-22)12-4-5-13-11-19(8-9-23-14(13)10-12)16(21)18-6-2-1-3-7-18/h4-5,10,22H,1-3,6-9,11H2,(H,17,20). The molecule has 3 amide bonds. The number of ether oxygens (including phenoxy) is 1. The number of urea groups is 1. The number of fused-ring (bicyclic) bond motifs is 1. The number of hydroxylamine groups is 1. The van der Waals surface area contributed by atoms with Crippen molar-refractivity contribution in [1.29, 1.82) is 0 Å². The van der Waals surface area contributed by atoms with Crippen LogP contribution in [0.4, 0.5) is 4.79 Å². The predicted molar refractivity (Wildman–Crippen MR) is 82.4 cm³/mol. The minimum Gasteiger partial charge on any atom is -0.491 e. The maximum absolute atomic E-state index is 12.6. The average Bonchev–Trinajstić information content (AvgIpc) is 2.82. The van der Waals surface area contributed by atoms with Gasteiger partial charge >= 0.3 is 6.03 Å². The molecule has 2 aliphatic rings. The molecule has 1 aromatic rings. The number of hydrogen-bond donors (Lipinski definition) is 2. The van der Waals surface area contributed by atoms with E-state index in [0.717, 1.165) is 31.5 Å². The molecule has 0 atom stereocenters. The number of nitrogens with zero attached hydrogens (tertiary/aromatic N) is 2. The van der Waals surface area contributed by atoms with E-state index in [0.29, 0.717) is 31.0 Å². The molecule has 7 heteroatoms. The summed E-state index contributed by atoms with van der Waals surface area (Å²) in [5, 5.41) is 8.71. The fraction of sp³-hybridized carbons (Fsp3) is 0.500. The molecule has 1 saturated heterocycles. The number of likely N-dealkylation sites (tertiary alicyclic amines) is 1. The molecule has 7 nitrogen and oxygen atoms in total. The maximum Gasteiger partial charge on any atom is 0.320 e. The molecule has 0 unspecified atom stereocenters.